The van der Waals surface area contributed by atoms with Crippen LogP contribution in [0.25, 0.3) is 0 Å². The van der Waals surface area contributed by atoms with E-state index in [9.17, 15) is 0 Å². The lowest BCUT2D eigenvalue weighted by Gasteiger charge is -2.25. The van der Waals surface area contributed by atoms with Crippen molar-refractivity contribution in [2.45, 2.75) is 38.9 Å². The van der Waals surface area contributed by atoms with Gasteiger partial charge in [-0.15, -0.1) is 0 Å². The Labute approximate surface area is 102 Å². The van der Waals surface area contributed by atoms with E-state index in [2.05, 4.69) is 43.2 Å². The maximum atomic E-state index is 6.05. The molecule has 0 radical (unpaired) electrons. The van der Waals surface area contributed by atoms with Crippen molar-refractivity contribution in [2.24, 2.45) is 0 Å². The summed E-state index contributed by atoms with van der Waals surface area (Å²) in [5, 5.41) is 10.7. The van der Waals surface area contributed by atoms with E-state index in [1.165, 1.54) is 0 Å². The van der Waals surface area contributed by atoms with E-state index in [1.54, 1.807) is 7.11 Å². The molecule has 0 atom stereocenters. The zero-order chi connectivity index (χ0) is 12.7. The zero-order valence-electron chi connectivity index (χ0n) is 11.2. The van der Waals surface area contributed by atoms with Gasteiger partial charge in [0.1, 0.15) is 5.60 Å². The number of nitrogens with zero attached hydrogens (tertiary/aromatic N) is 1. The summed E-state index contributed by atoms with van der Waals surface area (Å²) in [6.45, 7) is 9.64. The summed E-state index contributed by atoms with van der Waals surface area (Å²) in [6.07, 6.45) is 0. The number of anilines is 1. The Morgan fingerprint density at radius 2 is 2.00 bits per heavy atom. The largest absolute Gasteiger partial charge is 0.383 e. The average Bonchev–Trinajstić information content (AvgIpc) is 2.68. The van der Waals surface area contributed by atoms with Crippen LogP contribution < -0.4 is 5.32 Å². The molecule has 0 amide bonds. The second kappa shape index (κ2) is 3.99. The Morgan fingerprint density at radius 3 is 2.65 bits per heavy atom. The average molecular weight is 239 g/mol. The quantitative estimate of drug-likeness (QED) is 0.789. The molecule has 0 fully saturated rings. The molecule has 0 saturated heterocycles. The molecule has 0 spiro atoms. The van der Waals surface area contributed by atoms with Crippen LogP contribution in [0.4, 0.5) is 5.82 Å². The van der Waals surface area contributed by atoms with Crippen LogP contribution in [0.3, 0.4) is 0 Å². The normalized spacial score (nSPS) is 20.3. The van der Waals surface area contributed by atoms with Crippen LogP contribution in [0.5, 0.6) is 0 Å². The van der Waals surface area contributed by atoms with Crippen LogP contribution in [0.15, 0.2) is 0 Å². The highest BCUT2D eigenvalue weighted by Gasteiger charge is 2.46. The predicted octanol–water partition coefficient (Wildman–Crippen LogP) is 1.97. The highest BCUT2D eigenvalue weighted by Crippen LogP contribution is 2.48. The summed E-state index contributed by atoms with van der Waals surface area (Å²) in [6, 6.07) is 0. The van der Waals surface area contributed by atoms with Crippen molar-refractivity contribution in [3.05, 3.63) is 11.3 Å². The molecular formula is C12H21N3O2. The van der Waals surface area contributed by atoms with Gasteiger partial charge >= 0.3 is 0 Å². The third-order valence-corrected chi connectivity index (χ3v) is 3.08. The maximum absolute atomic E-state index is 6.05. The second-order valence-corrected chi connectivity index (χ2v) is 5.36. The van der Waals surface area contributed by atoms with Gasteiger partial charge in [-0.05, 0) is 27.7 Å². The van der Waals surface area contributed by atoms with Crippen molar-refractivity contribution in [3.8, 4) is 0 Å². The fourth-order valence-electron chi connectivity index (χ4n) is 2.50. The van der Waals surface area contributed by atoms with Gasteiger partial charge in [-0.3, -0.25) is 5.10 Å². The summed E-state index contributed by atoms with van der Waals surface area (Å²) in [4.78, 5) is 0. The van der Waals surface area contributed by atoms with Gasteiger partial charge in [0.25, 0.3) is 0 Å². The van der Waals surface area contributed by atoms with E-state index in [0.29, 0.717) is 6.61 Å². The zero-order valence-corrected chi connectivity index (χ0v) is 11.2. The molecule has 1 aliphatic heterocycles. The molecule has 2 rings (SSSR count). The summed E-state index contributed by atoms with van der Waals surface area (Å²) >= 11 is 0. The molecular weight excluding hydrogens is 218 g/mol. The van der Waals surface area contributed by atoms with Crippen LogP contribution >= 0.6 is 0 Å². The van der Waals surface area contributed by atoms with E-state index >= 15 is 0 Å². The topological polar surface area (TPSA) is 59.2 Å². The molecule has 17 heavy (non-hydrogen) atoms. The first kappa shape index (κ1) is 12.4. The lowest BCUT2D eigenvalue weighted by atomic mass is 9.97. The number of ether oxygens (including phenoxy) is 2. The Hall–Kier alpha value is -1.07. The number of H-pyrrole nitrogens is 1. The molecule has 0 unspecified atom stereocenters. The van der Waals surface area contributed by atoms with Crippen molar-refractivity contribution >= 4 is 5.82 Å². The highest BCUT2D eigenvalue weighted by molar-refractivity contribution is 5.53. The van der Waals surface area contributed by atoms with E-state index in [4.69, 9.17) is 9.47 Å². The maximum Gasteiger partial charge on any atom is 0.154 e. The van der Waals surface area contributed by atoms with Gasteiger partial charge < -0.3 is 14.8 Å². The molecule has 5 heteroatoms. The Balaban J connectivity index is 2.28. The summed E-state index contributed by atoms with van der Waals surface area (Å²) in [7, 11) is 1.69. The monoisotopic (exact) mass is 239 g/mol. The van der Waals surface area contributed by atoms with Gasteiger partial charge in [0.2, 0.25) is 0 Å². The second-order valence-electron chi connectivity index (χ2n) is 5.36. The minimum absolute atomic E-state index is 0.312. The number of aromatic amines is 1. The smallest absolute Gasteiger partial charge is 0.154 e. The number of hydrogen-bond donors (Lipinski definition) is 2. The Kier molecular flexibility index (Phi) is 2.91. The first-order chi connectivity index (χ1) is 7.88. The van der Waals surface area contributed by atoms with Gasteiger partial charge in [0, 0.05) is 13.7 Å². The van der Waals surface area contributed by atoms with Gasteiger partial charge in [-0.2, -0.15) is 5.10 Å². The molecule has 0 bridgehead atoms. The number of methoxy groups -OCH3 is 1. The number of nitrogens with one attached hydrogen (secondary N) is 2. The molecule has 1 aromatic rings. The fourth-order valence-corrected chi connectivity index (χ4v) is 2.50. The van der Waals surface area contributed by atoms with Gasteiger partial charge in [0.05, 0.1) is 23.5 Å². The minimum atomic E-state index is -0.318. The van der Waals surface area contributed by atoms with Crippen molar-refractivity contribution in [3.63, 3.8) is 0 Å². The molecule has 0 saturated carbocycles. The molecule has 1 aromatic heterocycles. The van der Waals surface area contributed by atoms with Gasteiger partial charge in [0.15, 0.2) is 5.82 Å². The predicted molar refractivity (Wildman–Crippen MR) is 66.1 cm³/mol. The van der Waals surface area contributed by atoms with Crippen LogP contribution in [-0.4, -0.2) is 30.5 Å². The van der Waals surface area contributed by atoms with Crippen molar-refractivity contribution in [1.29, 1.82) is 0 Å². The van der Waals surface area contributed by atoms with Crippen LogP contribution in [0.2, 0.25) is 0 Å². The lowest BCUT2D eigenvalue weighted by Crippen LogP contribution is -2.24. The highest BCUT2D eigenvalue weighted by atomic mass is 16.5. The number of fused-ring (bicyclic) bond motifs is 1. The number of rotatable bonds is 4. The third kappa shape index (κ3) is 2.05. The van der Waals surface area contributed by atoms with Crippen LogP contribution in [-0.2, 0) is 20.7 Å². The van der Waals surface area contributed by atoms with Crippen molar-refractivity contribution < 1.29 is 9.47 Å². The minimum Gasteiger partial charge on any atom is -0.383 e. The molecule has 2 heterocycles. The summed E-state index contributed by atoms with van der Waals surface area (Å²) in [5.41, 5.74) is 1.55. The van der Waals surface area contributed by atoms with Crippen molar-refractivity contribution in [2.75, 3.05) is 25.6 Å². The first-order valence-electron chi connectivity index (χ1n) is 5.91. The molecule has 2 N–H and O–H groups in total. The fraction of sp³-hybridized carbons (Fsp3) is 0.750. The van der Waals surface area contributed by atoms with Crippen molar-refractivity contribution in [1.82, 2.24) is 10.2 Å². The Bertz CT molecular complexity index is 410. The Morgan fingerprint density at radius 1 is 1.29 bits per heavy atom. The standard InChI is InChI=1S/C12H21N3O2/c1-11(2)8-9(12(3,4)17-11)14-15-10(8)13-6-7-16-5/h6-7H2,1-5H3,(H2,13,14,15). The van der Waals surface area contributed by atoms with Crippen LogP contribution in [0, 0.1) is 0 Å². The van der Waals surface area contributed by atoms with Gasteiger partial charge in [-0.25, -0.2) is 0 Å². The van der Waals surface area contributed by atoms with Crippen LogP contribution in [0.1, 0.15) is 39.0 Å². The van der Waals surface area contributed by atoms with Gasteiger partial charge in [-0.1, -0.05) is 0 Å². The van der Waals surface area contributed by atoms with E-state index < -0.39 is 0 Å². The summed E-state index contributed by atoms with van der Waals surface area (Å²) < 4.78 is 11.1. The molecule has 0 aliphatic carbocycles. The number of aromatic nitrogens is 2. The van der Waals surface area contributed by atoms with E-state index in [-0.39, 0.29) is 11.2 Å². The van der Waals surface area contributed by atoms with E-state index in [0.717, 1.165) is 23.6 Å². The van der Waals surface area contributed by atoms with E-state index in [1.807, 2.05) is 0 Å². The number of hydrogen-bond acceptors (Lipinski definition) is 4. The molecule has 0 aromatic carbocycles. The first-order valence-corrected chi connectivity index (χ1v) is 5.91. The molecule has 5 nitrogen and oxygen atoms in total. The SMILES string of the molecule is COCCNc1n[nH]c2c1C(C)(C)OC2(C)C. The lowest BCUT2D eigenvalue weighted by molar-refractivity contribution is -0.107. The molecule has 96 valence electrons. The summed E-state index contributed by atoms with van der Waals surface area (Å²) in [5.74, 6) is 0.868. The molecule has 1 aliphatic rings. The third-order valence-electron chi connectivity index (χ3n) is 3.08.